The molecule has 1 amide bonds. The minimum Gasteiger partial charge on any atom is -0.496 e. The molecule has 120 valence electrons. The second kappa shape index (κ2) is 8.10. The average Bonchev–Trinajstić information content (AvgIpc) is 2.55. The van der Waals surface area contributed by atoms with E-state index in [9.17, 15) is 9.59 Å². The summed E-state index contributed by atoms with van der Waals surface area (Å²) in [5.41, 5.74) is 2.17. The van der Waals surface area contributed by atoms with Crippen molar-refractivity contribution in [2.45, 2.75) is 13.5 Å². The number of rotatable bonds is 7. The van der Waals surface area contributed by atoms with Gasteiger partial charge in [-0.15, -0.1) is 0 Å². The zero-order valence-electron chi connectivity index (χ0n) is 13.3. The molecule has 0 radical (unpaired) electrons. The molecule has 2 aromatic carbocycles. The molecular formula is C18H20N2O3. The number of hydrogen-bond acceptors (Lipinski definition) is 4. The molecule has 0 spiro atoms. The number of hydrogen-bond donors (Lipinski definition) is 2. The minimum absolute atomic E-state index is 0.0320. The van der Waals surface area contributed by atoms with E-state index in [4.69, 9.17) is 4.74 Å². The van der Waals surface area contributed by atoms with Gasteiger partial charge < -0.3 is 15.4 Å². The lowest BCUT2D eigenvalue weighted by Gasteiger charge is -2.10. The van der Waals surface area contributed by atoms with Crippen LogP contribution in [0.4, 0.5) is 5.69 Å². The van der Waals surface area contributed by atoms with Gasteiger partial charge in [-0.3, -0.25) is 9.59 Å². The van der Waals surface area contributed by atoms with E-state index >= 15 is 0 Å². The van der Waals surface area contributed by atoms with Gasteiger partial charge in [0.15, 0.2) is 5.78 Å². The highest BCUT2D eigenvalue weighted by Crippen LogP contribution is 2.16. The fourth-order valence-corrected chi connectivity index (χ4v) is 2.18. The third-order valence-electron chi connectivity index (χ3n) is 3.35. The van der Waals surface area contributed by atoms with Crippen LogP contribution in [-0.4, -0.2) is 25.3 Å². The average molecular weight is 312 g/mol. The molecule has 0 aliphatic heterocycles. The number of carbonyl (C=O) groups excluding carboxylic acids is 2. The first-order valence-electron chi connectivity index (χ1n) is 7.33. The maximum absolute atomic E-state index is 11.9. The predicted octanol–water partition coefficient (Wildman–Crippen LogP) is 2.63. The molecule has 0 atom stereocenters. The highest BCUT2D eigenvalue weighted by atomic mass is 16.5. The minimum atomic E-state index is -0.166. The highest BCUT2D eigenvalue weighted by molar-refractivity contribution is 5.97. The zero-order valence-corrected chi connectivity index (χ0v) is 13.3. The Morgan fingerprint density at radius 2 is 1.87 bits per heavy atom. The van der Waals surface area contributed by atoms with Crippen LogP contribution in [0.3, 0.4) is 0 Å². The summed E-state index contributed by atoms with van der Waals surface area (Å²) >= 11 is 0. The lowest BCUT2D eigenvalue weighted by Crippen LogP contribution is -2.27. The van der Waals surface area contributed by atoms with Crippen molar-refractivity contribution in [1.29, 1.82) is 0 Å². The molecule has 0 unspecified atom stereocenters. The summed E-state index contributed by atoms with van der Waals surface area (Å²) in [5.74, 6) is 0.588. The summed E-state index contributed by atoms with van der Waals surface area (Å²) in [5, 5.41) is 5.84. The third-order valence-corrected chi connectivity index (χ3v) is 3.35. The van der Waals surface area contributed by atoms with E-state index in [0.29, 0.717) is 17.8 Å². The van der Waals surface area contributed by atoms with Crippen molar-refractivity contribution < 1.29 is 14.3 Å². The molecule has 0 aliphatic carbocycles. The van der Waals surface area contributed by atoms with Crippen molar-refractivity contribution in [2.24, 2.45) is 0 Å². The number of para-hydroxylation sites is 1. The molecule has 0 aromatic heterocycles. The lowest BCUT2D eigenvalue weighted by molar-refractivity contribution is -0.115. The van der Waals surface area contributed by atoms with Crippen LogP contribution in [-0.2, 0) is 11.3 Å². The predicted molar refractivity (Wildman–Crippen MR) is 89.8 cm³/mol. The van der Waals surface area contributed by atoms with Gasteiger partial charge in [-0.1, -0.05) is 30.3 Å². The van der Waals surface area contributed by atoms with Crippen LogP contribution in [0.5, 0.6) is 5.75 Å². The van der Waals surface area contributed by atoms with Gasteiger partial charge in [0.05, 0.1) is 13.7 Å². The largest absolute Gasteiger partial charge is 0.496 e. The van der Waals surface area contributed by atoms with E-state index in [0.717, 1.165) is 11.3 Å². The lowest BCUT2D eigenvalue weighted by atomic mass is 10.1. The Hall–Kier alpha value is -2.66. The van der Waals surface area contributed by atoms with Gasteiger partial charge in [0.1, 0.15) is 5.75 Å². The molecule has 0 saturated carbocycles. The van der Waals surface area contributed by atoms with Crippen molar-refractivity contribution in [1.82, 2.24) is 5.32 Å². The number of anilines is 1. The second-order valence-electron chi connectivity index (χ2n) is 5.10. The quantitative estimate of drug-likeness (QED) is 0.771. The number of ether oxygens (including phenoxy) is 1. The monoisotopic (exact) mass is 312 g/mol. The Balaban J connectivity index is 1.86. The van der Waals surface area contributed by atoms with Gasteiger partial charge in [0, 0.05) is 23.4 Å². The summed E-state index contributed by atoms with van der Waals surface area (Å²) < 4.78 is 5.26. The van der Waals surface area contributed by atoms with Gasteiger partial charge in [-0.05, 0) is 25.1 Å². The topological polar surface area (TPSA) is 67.4 Å². The van der Waals surface area contributed by atoms with Crippen LogP contribution >= 0.6 is 0 Å². The maximum Gasteiger partial charge on any atom is 0.238 e. The Kier molecular flexibility index (Phi) is 5.88. The van der Waals surface area contributed by atoms with E-state index in [1.54, 1.807) is 31.4 Å². The summed E-state index contributed by atoms with van der Waals surface area (Å²) in [6.07, 6.45) is 0. The molecule has 0 saturated heterocycles. The number of ketones is 1. The Morgan fingerprint density at radius 3 is 2.61 bits per heavy atom. The maximum atomic E-state index is 11.9. The molecule has 0 aliphatic rings. The number of nitrogens with one attached hydrogen (secondary N) is 2. The fraction of sp³-hybridized carbons (Fsp3) is 0.222. The molecule has 5 heteroatoms. The van der Waals surface area contributed by atoms with E-state index in [-0.39, 0.29) is 18.2 Å². The van der Waals surface area contributed by atoms with E-state index in [2.05, 4.69) is 10.6 Å². The zero-order chi connectivity index (χ0) is 16.7. The van der Waals surface area contributed by atoms with Crippen LogP contribution in [0.25, 0.3) is 0 Å². The SMILES string of the molecule is COc1ccccc1CNCC(=O)Nc1cccc(C(C)=O)c1. The first-order chi connectivity index (χ1) is 11.1. The van der Waals surface area contributed by atoms with Gasteiger partial charge >= 0.3 is 0 Å². The molecular weight excluding hydrogens is 292 g/mol. The molecule has 0 fully saturated rings. The number of Topliss-reactive ketones (excluding diaryl/α,β-unsaturated/α-hetero) is 1. The van der Waals surface area contributed by atoms with Crippen LogP contribution in [0.2, 0.25) is 0 Å². The first-order valence-corrected chi connectivity index (χ1v) is 7.33. The molecule has 5 nitrogen and oxygen atoms in total. The second-order valence-corrected chi connectivity index (χ2v) is 5.10. The molecule has 2 rings (SSSR count). The van der Waals surface area contributed by atoms with Crippen LogP contribution in [0.15, 0.2) is 48.5 Å². The van der Waals surface area contributed by atoms with Crippen molar-refractivity contribution >= 4 is 17.4 Å². The van der Waals surface area contributed by atoms with E-state index in [1.807, 2.05) is 24.3 Å². The Labute approximate surface area is 135 Å². The van der Waals surface area contributed by atoms with Crippen molar-refractivity contribution in [2.75, 3.05) is 19.0 Å². The Morgan fingerprint density at radius 1 is 1.09 bits per heavy atom. The number of benzene rings is 2. The fourth-order valence-electron chi connectivity index (χ4n) is 2.18. The first kappa shape index (κ1) is 16.7. The van der Waals surface area contributed by atoms with Gasteiger partial charge in [-0.2, -0.15) is 0 Å². The van der Waals surface area contributed by atoms with Crippen LogP contribution in [0, 0.1) is 0 Å². The number of amides is 1. The summed E-state index contributed by atoms with van der Waals surface area (Å²) in [4.78, 5) is 23.3. The van der Waals surface area contributed by atoms with E-state index in [1.165, 1.54) is 6.92 Å². The van der Waals surface area contributed by atoms with E-state index < -0.39 is 0 Å². The summed E-state index contributed by atoms with van der Waals surface area (Å²) in [7, 11) is 1.62. The van der Waals surface area contributed by atoms with Crippen LogP contribution in [0.1, 0.15) is 22.8 Å². The summed E-state index contributed by atoms with van der Waals surface area (Å²) in [6, 6.07) is 14.5. The molecule has 0 bridgehead atoms. The summed E-state index contributed by atoms with van der Waals surface area (Å²) in [6.45, 7) is 2.20. The number of methoxy groups -OCH3 is 1. The van der Waals surface area contributed by atoms with Gasteiger partial charge in [0.25, 0.3) is 0 Å². The standard InChI is InChI=1S/C18H20N2O3/c1-13(21)14-7-5-8-16(10-14)20-18(22)12-19-11-15-6-3-4-9-17(15)23-2/h3-10,19H,11-12H2,1-2H3,(H,20,22). The van der Waals surface area contributed by atoms with Crippen LogP contribution < -0.4 is 15.4 Å². The van der Waals surface area contributed by atoms with Gasteiger partial charge in [0.2, 0.25) is 5.91 Å². The molecule has 23 heavy (non-hydrogen) atoms. The van der Waals surface area contributed by atoms with Crippen molar-refractivity contribution in [3.8, 4) is 5.75 Å². The number of carbonyl (C=O) groups is 2. The van der Waals surface area contributed by atoms with Crippen molar-refractivity contribution in [3.05, 3.63) is 59.7 Å². The highest BCUT2D eigenvalue weighted by Gasteiger charge is 2.06. The molecule has 0 heterocycles. The van der Waals surface area contributed by atoms with Gasteiger partial charge in [-0.25, -0.2) is 0 Å². The Bertz CT molecular complexity index is 698. The molecule has 2 N–H and O–H groups in total. The third kappa shape index (κ3) is 4.93. The van der Waals surface area contributed by atoms with Crippen molar-refractivity contribution in [3.63, 3.8) is 0 Å². The molecule has 2 aromatic rings. The smallest absolute Gasteiger partial charge is 0.238 e. The normalized spacial score (nSPS) is 10.2.